The predicted molar refractivity (Wildman–Crippen MR) is 121 cm³/mol. The number of aromatic amines is 2. The SMILES string of the molecule is O=C(COC(=O)c1ccc2c(=O)n3c(nc2c1)CCCCC3)Nc1ccc2[nH]c(=O)[nH]c2c1. The van der Waals surface area contributed by atoms with Gasteiger partial charge in [0.25, 0.3) is 11.5 Å². The zero-order valence-corrected chi connectivity index (χ0v) is 17.6. The number of rotatable bonds is 4. The second-order valence-corrected chi connectivity index (χ2v) is 7.99. The summed E-state index contributed by atoms with van der Waals surface area (Å²) in [6.45, 7) is 0.169. The fraction of sp³-hybridized carbons (Fsp3) is 0.261. The van der Waals surface area contributed by atoms with Gasteiger partial charge in [-0.15, -0.1) is 0 Å². The molecule has 0 saturated heterocycles. The molecule has 10 nitrogen and oxygen atoms in total. The Morgan fingerprint density at radius 1 is 1.03 bits per heavy atom. The number of fused-ring (bicyclic) bond motifs is 3. The van der Waals surface area contributed by atoms with Crippen LogP contribution >= 0.6 is 0 Å². The van der Waals surface area contributed by atoms with Gasteiger partial charge in [-0.2, -0.15) is 0 Å². The van der Waals surface area contributed by atoms with E-state index in [-0.39, 0.29) is 16.8 Å². The van der Waals surface area contributed by atoms with Crippen LogP contribution in [0.5, 0.6) is 0 Å². The third-order valence-corrected chi connectivity index (χ3v) is 5.69. The van der Waals surface area contributed by atoms with Gasteiger partial charge in [-0.3, -0.25) is 14.2 Å². The average molecular weight is 447 g/mol. The Morgan fingerprint density at radius 3 is 2.76 bits per heavy atom. The molecule has 0 aliphatic carbocycles. The summed E-state index contributed by atoms with van der Waals surface area (Å²) >= 11 is 0. The Labute approximate surface area is 186 Å². The van der Waals surface area contributed by atoms with E-state index in [1.165, 1.54) is 12.1 Å². The number of H-pyrrole nitrogens is 2. The van der Waals surface area contributed by atoms with E-state index in [1.54, 1.807) is 28.8 Å². The van der Waals surface area contributed by atoms with Crippen LogP contribution in [0.4, 0.5) is 5.69 Å². The van der Waals surface area contributed by atoms with Crippen LogP contribution in [0.25, 0.3) is 21.9 Å². The molecule has 10 heteroatoms. The Kier molecular flexibility index (Phi) is 5.25. The van der Waals surface area contributed by atoms with Gasteiger partial charge in [0.1, 0.15) is 5.82 Å². The zero-order chi connectivity index (χ0) is 22.9. The summed E-state index contributed by atoms with van der Waals surface area (Å²) in [6.07, 6.45) is 3.70. The minimum atomic E-state index is -0.686. The highest BCUT2D eigenvalue weighted by Gasteiger charge is 2.16. The summed E-state index contributed by atoms with van der Waals surface area (Å²) in [7, 11) is 0. The van der Waals surface area contributed by atoms with Crippen molar-refractivity contribution in [3.05, 3.63) is 68.6 Å². The smallest absolute Gasteiger partial charge is 0.338 e. The highest BCUT2D eigenvalue weighted by Crippen LogP contribution is 2.17. The number of aromatic nitrogens is 4. The molecule has 3 heterocycles. The number of imidazole rings is 1. The number of benzene rings is 2. The third kappa shape index (κ3) is 4.14. The average Bonchev–Trinajstić information content (AvgIpc) is 3.00. The first-order valence-corrected chi connectivity index (χ1v) is 10.7. The fourth-order valence-electron chi connectivity index (χ4n) is 4.07. The lowest BCUT2D eigenvalue weighted by atomic mass is 10.1. The number of ether oxygens (including phenoxy) is 1. The van der Waals surface area contributed by atoms with Crippen molar-refractivity contribution in [2.75, 3.05) is 11.9 Å². The standard InChI is InChI=1S/C23H21N5O5/c29-20(24-14-6-8-16-18(11-14)27-23(32)26-16)12-33-22(31)13-5-7-15-17(10-13)25-19-4-2-1-3-9-28(19)21(15)30/h5-8,10-11H,1-4,9,12H2,(H,24,29)(H2,26,27,32). The summed E-state index contributed by atoms with van der Waals surface area (Å²) in [5.74, 6) is -0.479. The zero-order valence-electron chi connectivity index (χ0n) is 17.6. The van der Waals surface area contributed by atoms with Crippen molar-refractivity contribution in [3.63, 3.8) is 0 Å². The molecule has 168 valence electrons. The van der Waals surface area contributed by atoms with Crippen molar-refractivity contribution in [1.82, 2.24) is 19.5 Å². The number of nitrogens with zero attached hydrogens (tertiary/aromatic N) is 2. The molecule has 3 N–H and O–H groups in total. The van der Waals surface area contributed by atoms with Crippen LogP contribution in [0.1, 0.15) is 35.4 Å². The molecule has 2 aromatic carbocycles. The second-order valence-electron chi connectivity index (χ2n) is 7.99. The summed E-state index contributed by atoms with van der Waals surface area (Å²) in [4.78, 5) is 58.7. The van der Waals surface area contributed by atoms with Gasteiger partial charge in [-0.25, -0.2) is 14.6 Å². The van der Waals surface area contributed by atoms with Gasteiger partial charge in [-0.1, -0.05) is 6.42 Å². The van der Waals surface area contributed by atoms with E-state index in [1.807, 2.05) is 0 Å². The fourth-order valence-corrected chi connectivity index (χ4v) is 4.07. The minimum absolute atomic E-state index is 0.100. The second kappa shape index (κ2) is 8.38. The number of aryl methyl sites for hydroxylation is 1. The first-order valence-electron chi connectivity index (χ1n) is 10.7. The number of carbonyl (C=O) groups excluding carboxylic acids is 2. The van der Waals surface area contributed by atoms with E-state index in [4.69, 9.17) is 4.74 Å². The molecular weight excluding hydrogens is 426 g/mol. The molecule has 0 fully saturated rings. The van der Waals surface area contributed by atoms with Crippen LogP contribution in [-0.2, 0) is 22.5 Å². The Hall–Kier alpha value is -4.21. The van der Waals surface area contributed by atoms with Gasteiger partial charge in [0.15, 0.2) is 6.61 Å². The van der Waals surface area contributed by atoms with Crippen molar-refractivity contribution in [3.8, 4) is 0 Å². The van der Waals surface area contributed by atoms with E-state index < -0.39 is 18.5 Å². The molecule has 5 rings (SSSR count). The summed E-state index contributed by atoms with van der Waals surface area (Å²) in [6, 6.07) is 9.49. The lowest BCUT2D eigenvalue weighted by Gasteiger charge is -2.11. The number of nitrogens with one attached hydrogen (secondary N) is 3. The van der Waals surface area contributed by atoms with Crippen LogP contribution < -0.4 is 16.6 Å². The largest absolute Gasteiger partial charge is 0.452 e. The minimum Gasteiger partial charge on any atom is -0.452 e. The molecule has 4 aromatic rings. The molecule has 1 amide bonds. The van der Waals surface area contributed by atoms with Crippen LogP contribution in [0.15, 0.2) is 46.0 Å². The number of hydrogen-bond acceptors (Lipinski definition) is 6. The Bertz CT molecular complexity index is 1510. The molecule has 0 radical (unpaired) electrons. The molecule has 1 aliphatic rings. The van der Waals surface area contributed by atoms with Crippen LogP contribution in [0, 0.1) is 0 Å². The third-order valence-electron chi connectivity index (χ3n) is 5.69. The molecule has 0 spiro atoms. The van der Waals surface area contributed by atoms with Crippen molar-refractivity contribution in [1.29, 1.82) is 0 Å². The normalized spacial score (nSPS) is 13.5. The van der Waals surface area contributed by atoms with Gasteiger partial charge in [0, 0.05) is 18.7 Å². The van der Waals surface area contributed by atoms with Crippen molar-refractivity contribution in [2.24, 2.45) is 0 Å². The Morgan fingerprint density at radius 2 is 1.88 bits per heavy atom. The van der Waals surface area contributed by atoms with Crippen molar-refractivity contribution in [2.45, 2.75) is 32.2 Å². The van der Waals surface area contributed by atoms with Crippen LogP contribution in [0.3, 0.4) is 0 Å². The predicted octanol–water partition coefficient (Wildman–Crippen LogP) is 2.09. The molecular formula is C23H21N5O5. The summed E-state index contributed by atoms with van der Waals surface area (Å²) in [5, 5.41) is 3.07. The van der Waals surface area contributed by atoms with Crippen molar-refractivity contribution < 1.29 is 14.3 Å². The maximum Gasteiger partial charge on any atom is 0.338 e. The monoisotopic (exact) mass is 447 g/mol. The van der Waals surface area contributed by atoms with Gasteiger partial charge in [0.2, 0.25) is 0 Å². The van der Waals surface area contributed by atoms with Crippen LogP contribution in [0.2, 0.25) is 0 Å². The molecule has 0 bridgehead atoms. The van der Waals surface area contributed by atoms with Crippen LogP contribution in [-0.4, -0.2) is 38.0 Å². The summed E-state index contributed by atoms with van der Waals surface area (Å²) < 4.78 is 6.86. The molecule has 2 aromatic heterocycles. The summed E-state index contributed by atoms with van der Waals surface area (Å²) in [5.41, 5.74) is 1.84. The topological polar surface area (TPSA) is 139 Å². The van der Waals surface area contributed by atoms with Gasteiger partial charge in [-0.05, 0) is 49.2 Å². The number of anilines is 1. The molecule has 0 atom stereocenters. The number of esters is 1. The van der Waals surface area contributed by atoms with E-state index in [2.05, 4.69) is 20.3 Å². The van der Waals surface area contributed by atoms with Gasteiger partial charge >= 0.3 is 11.7 Å². The first kappa shape index (κ1) is 20.7. The first-order chi connectivity index (χ1) is 16.0. The van der Waals surface area contributed by atoms with Gasteiger partial charge < -0.3 is 20.0 Å². The lowest BCUT2D eigenvalue weighted by molar-refractivity contribution is -0.119. The molecule has 33 heavy (non-hydrogen) atoms. The number of carbonyl (C=O) groups is 2. The van der Waals surface area contributed by atoms with E-state index in [0.29, 0.717) is 34.2 Å². The highest BCUT2D eigenvalue weighted by molar-refractivity contribution is 5.98. The number of hydrogen-bond donors (Lipinski definition) is 3. The highest BCUT2D eigenvalue weighted by atomic mass is 16.5. The van der Waals surface area contributed by atoms with Gasteiger partial charge in [0.05, 0.1) is 27.5 Å². The molecule has 1 aliphatic heterocycles. The maximum absolute atomic E-state index is 12.8. The van der Waals surface area contributed by atoms with Crippen molar-refractivity contribution >= 4 is 39.5 Å². The van der Waals surface area contributed by atoms with E-state index in [9.17, 15) is 19.2 Å². The Balaban J connectivity index is 1.28. The van der Waals surface area contributed by atoms with E-state index >= 15 is 0 Å². The lowest BCUT2D eigenvalue weighted by Crippen LogP contribution is -2.25. The number of amides is 1. The maximum atomic E-state index is 12.8. The molecule has 0 saturated carbocycles. The quantitative estimate of drug-likeness (QED) is 0.410. The van der Waals surface area contributed by atoms with E-state index in [0.717, 1.165) is 31.5 Å². The molecule has 0 unspecified atom stereocenters.